The molecule has 0 atom stereocenters. The zero-order valence-corrected chi connectivity index (χ0v) is 15.6. The van der Waals surface area contributed by atoms with Crippen molar-refractivity contribution in [2.75, 3.05) is 7.11 Å². The minimum atomic E-state index is -0.646. The van der Waals surface area contributed by atoms with Crippen LogP contribution in [0.4, 0.5) is 4.39 Å². The fourth-order valence-corrected chi connectivity index (χ4v) is 2.44. The van der Waals surface area contributed by atoms with Crippen LogP contribution in [-0.2, 0) is 0 Å². The van der Waals surface area contributed by atoms with Gasteiger partial charge in [-0.15, -0.1) is 0 Å². The van der Waals surface area contributed by atoms with Gasteiger partial charge in [-0.1, -0.05) is 0 Å². The van der Waals surface area contributed by atoms with E-state index in [4.69, 9.17) is 13.9 Å². The number of rotatable bonds is 6. The minimum absolute atomic E-state index is 0.192. The molecule has 0 unspecified atom stereocenters. The van der Waals surface area contributed by atoms with Crippen molar-refractivity contribution >= 4 is 18.1 Å². The Balaban J connectivity index is 1.68. The number of carbonyl (C=O) groups is 2. The third kappa shape index (κ3) is 4.86. The maximum Gasteiger partial charge on any atom is 0.343 e. The molecule has 7 nitrogen and oxygen atoms in total. The molecule has 8 heteroatoms. The first kappa shape index (κ1) is 19.8. The van der Waals surface area contributed by atoms with Crippen LogP contribution in [-0.4, -0.2) is 25.2 Å². The molecule has 1 amide bonds. The maximum atomic E-state index is 13.0. The third-order valence-electron chi connectivity index (χ3n) is 3.95. The number of carbonyl (C=O) groups excluding carboxylic acids is 2. The highest BCUT2D eigenvalue weighted by Gasteiger charge is 2.13. The lowest BCUT2D eigenvalue weighted by Gasteiger charge is -2.10. The molecule has 0 fully saturated rings. The van der Waals surface area contributed by atoms with Gasteiger partial charge in [0.1, 0.15) is 11.6 Å². The molecule has 0 bridgehead atoms. The molecule has 3 rings (SSSR count). The topological polar surface area (TPSA) is 90.1 Å². The average Bonchev–Trinajstić information content (AvgIpc) is 3.15. The first-order valence-corrected chi connectivity index (χ1v) is 8.51. The number of amides is 1. The van der Waals surface area contributed by atoms with Gasteiger partial charge in [-0.2, -0.15) is 5.10 Å². The number of hydrogen-bond acceptors (Lipinski definition) is 6. The second kappa shape index (κ2) is 8.83. The lowest BCUT2D eigenvalue weighted by molar-refractivity contribution is 0.0729. The molecule has 29 heavy (non-hydrogen) atoms. The molecule has 2 aromatic carbocycles. The van der Waals surface area contributed by atoms with Crippen LogP contribution in [0.1, 0.15) is 32.0 Å². The molecule has 1 aromatic heterocycles. The Kier molecular flexibility index (Phi) is 6.03. The van der Waals surface area contributed by atoms with Gasteiger partial charge in [0, 0.05) is 0 Å². The van der Waals surface area contributed by atoms with E-state index in [1.165, 1.54) is 49.9 Å². The van der Waals surface area contributed by atoms with Crippen molar-refractivity contribution < 1.29 is 27.9 Å². The van der Waals surface area contributed by atoms with Gasteiger partial charge in [-0.25, -0.2) is 14.6 Å². The van der Waals surface area contributed by atoms with Crippen LogP contribution in [0.3, 0.4) is 0 Å². The number of hydrazone groups is 1. The Morgan fingerprint density at radius 2 is 1.86 bits per heavy atom. The highest BCUT2D eigenvalue weighted by atomic mass is 19.1. The number of hydrogen-bond donors (Lipinski definition) is 1. The molecule has 1 heterocycles. The third-order valence-corrected chi connectivity index (χ3v) is 3.95. The summed E-state index contributed by atoms with van der Waals surface area (Å²) in [7, 11) is 1.43. The number of nitrogens with zero attached hydrogens (tertiary/aromatic N) is 1. The second-order valence-corrected chi connectivity index (χ2v) is 5.90. The largest absolute Gasteiger partial charge is 0.493 e. The van der Waals surface area contributed by atoms with Crippen molar-refractivity contribution in [3.05, 3.63) is 83.1 Å². The molecule has 0 spiro atoms. The summed E-state index contributed by atoms with van der Waals surface area (Å²) in [5.74, 6) is -0.514. The summed E-state index contributed by atoms with van der Waals surface area (Å²) in [6, 6.07) is 11.3. The van der Waals surface area contributed by atoms with Crippen LogP contribution >= 0.6 is 0 Å². The van der Waals surface area contributed by atoms with Crippen LogP contribution in [0.15, 0.2) is 64.3 Å². The van der Waals surface area contributed by atoms with Crippen LogP contribution < -0.4 is 14.9 Å². The maximum absolute atomic E-state index is 13.0. The number of nitrogens with one attached hydrogen (secondary N) is 1. The quantitative estimate of drug-likeness (QED) is 0.297. The highest BCUT2D eigenvalue weighted by Crippen LogP contribution is 2.28. The van der Waals surface area contributed by atoms with E-state index in [9.17, 15) is 14.0 Å². The molecule has 0 aliphatic heterocycles. The molecule has 0 aliphatic carbocycles. The summed E-state index contributed by atoms with van der Waals surface area (Å²) in [6.45, 7) is 1.68. The normalized spacial score (nSPS) is 10.7. The van der Waals surface area contributed by atoms with Crippen molar-refractivity contribution in [2.45, 2.75) is 6.92 Å². The number of methoxy groups -OCH3 is 1. The van der Waals surface area contributed by atoms with E-state index < -0.39 is 17.7 Å². The number of furan rings is 1. The van der Waals surface area contributed by atoms with E-state index >= 15 is 0 Å². The molecule has 0 aliphatic rings. The number of esters is 1. The van der Waals surface area contributed by atoms with Gasteiger partial charge in [0.2, 0.25) is 0 Å². The van der Waals surface area contributed by atoms with Gasteiger partial charge in [-0.3, -0.25) is 4.79 Å². The predicted molar refractivity (Wildman–Crippen MR) is 103 cm³/mol. The molecule has 3 aromatic rings. The van der Waals surface area contributed by atoms with Crippen molar-refractivity contribution in [3.8, 4) is 11.5 Å². The monoisotopic (exact) mass is 396 g/mol. The summed E-state index contributed by atoms with van der Waals surface area (Å²) in [6.07, 6.45) is 2.84. The van der Waals surface area contributed by atoms with E-state index in [0.29, 0.717) is 22.6 Å². The molecule has 1 N–H and O–H groups in total. The Morgan fingerprint density at radius 1 is 1.10 bits per heavy atom. The Bertz CT molecular complexity index is 1060. The first-order chi connectivity index (χ1) is 14.0. The zero-order chi connectivity index (χ0) is 20.8. The van der Waals surface area contributed by atoms with E-state index in [2.05, 4.69) is 10.5 Å². The molecular weight excluding hydrogens is 379 g/mol. The fourth-order valence-electron chi connectivity index (χ4n) is 2.44. The zero-order valence-electron chi connectivity index (χ0n) is 15.6. The molecule has 0 saturated heterocycles. The summed E-state index contributed by atoms with van der Waals surface area (Å²) in [5, 5.41) is 3.90. The van der Waals surface area contributed by atoms with E-state index in [1.54, 1.807) is 25.1 Å². The first-order valence-electron chi connectivity index (χ1n) is 8.51. The van der Waals surface area contributed by atoms with Crippen LogP contribution in [0, 0.1) is 12.7 Å². The molecular formula is C21H17FN2O5. The number of benzene rings is 2. The molecule has 148 valence electrons. The van der Waals surface area contributed by atoms with Gasteiger partial charge in [-0.05, 0) is 61.0 Å². The number of halogens is 1. The number of aryl methyl sites for hydroxylation is 1. The van der Waals surface area contributed by atoms with Crippen LogP contribution in [0.5, 0.6) is 11.5 Å². The molecule has 0 radical (unpaired) electrons. The molecule has 0 saturated carbocycles. The lowest BCUT2D eigenvalue weighted by atomic mass is 10.2. The number of ether oxygens (including phenoxy) is 2. The Morgan fingerprint density at radius 3 is 2.52 bits per heavy atom. The van der Waals surface area contributed by atoms with Crippen molar-refractivity contribution in [1.29, 1.82) is 0 Å². The Hall–Kier alpha value is -3.94. The van der Waals surface area contributed by atoms with Crippen molar-refractivity contribution in [1.82, 2.24) is 5.43 Å². The van der Waals surface area contributed by atoms with Gasteiger partial charge in [0.05, 0.1) is 30.7 Å². The SMILES string of the molecule is COc1cc(/C=N\NC(=O)c2ccoc2C)ccc1OC(=O)c1ccc(F)cc1. The Labute approximate surface area is 165 Å². The van der Waals surface area contributed by atoms with Crippen molar-refractivity contribution in [2.24, 2.45) is 5.10 Å². The predicted octanol–water partition coefficient (Wildman–Crippen LogP) is 3.72. The van der Waals surface area contributed by atoms with Gasteiger partial charge < -0.3 is 13.9 Å². The summed E-state index contributed by atoms with van der Waals surface area (Å²) < 4.78 is 28.6. The fraction of sp³-hybridized carbons (Fsp3) is 0.0952. The smallest absolute Gasteiger partial charge is 0.343 e. The summed E-state index contributed by atoms with van der Waals surface area (Å²) in [5.41, 5.74) is 3.60. The van der Waals surface area contributed by atoms with E-state index in [0.717, 1.165) is 0 Å². The average molecular weight is 396 g/mol. The lowest BCUT2D eigenvalue weighted by Crippen LogP contribution is -2.17. The summed E-state index contributed by atoms with van der Waals surface area (Å²) in [4.78, 5) is 24.2. The van der Waals surface area contributed by atoms with Gasteiger partial charge >= 0.3 is 5.97 Å². The van der Waals surface area contributed by atoms with E-state index in [1.807, 2.05) is 0 Å². The summed E-state index contributed by atoms with van der Waals surface area (Å²) >= 11 is 0. The van der Waals surface area contributed by atoms with Crippen molar-refractivity contribution in [3.63, 3.8) is 0 Å². The van der Waals surface area contributed by atoms with Crippen LogP contribution in [0.2, 0.25) is 0 Å². The van der Waals surface area contributed by atoms with Gasteiger partial charge in [0.15, 0.2) is 11.5 Å². The van der Waals surface area contributed by atoms with E-state index in [-0.39, 0.29) is 11.3 Å². The second-order valence-electron chi connectivity index (χ2n) is 5.90. The van der Waals surface area contributed by atoms with Gasteiger partial charge in [0.25, 0.3) is 5.91 Å². The highest BCUT2D eigenvalue weighted by molar-refractivity contribution is 5.95. The minimum Gasteiger partial charge on any atom is -0.493 e. The standard InChI is InChI=1S/C21H17FN2O5/c1-13-17(9-10-28-13)20(25)24-23-12-14-3-8-18(19(11-14)27-2)29-21(26)15-4-6-16(22)7-5-15/h3-12H,1-2H3,(H,24,25)/b23-12-. The van der Waals surface area contributed by atoms with Crippen LogP contribution in [0.25, 0.3) is 0 Å².